The molecule has 0 saturated carbocycles. The molecule has 2 aromatic carbocycles. The molecule has 0 unspecified atom stereocenters. The Hall–Kier alpha value is -3.55. The fraction of sp³-hybridized carbons (Fsp3) is 0.348. The summed E-state index contributed by atoms with van der Waals surface area (Å²) in [7, 11) is 1.55. The Morgan fingerprint density at radius 1 is 1.06 bits per heavy atom. The highest BCUT2D eigenvalue weighted by Crippen LogP contribution is 2.33. The Morgan fingerprint density at radius 2 is 1.74 bits per heavy atom. The van der Waals surface area contributed by atoms with E-state index in [0.717, 1.165) is 5.69 Å². The zero-order valence-corrected chi connectivity index (χ0v) is 18.1. The number of para-hydroxylation sites is 2. The van der Waals surface area contributed by atoms with Gasteiger partial charge in [0.2, 0.25) is 5.91 Å². The summed E-state index contributed by atoms with van der Waals surface area (Å²) in [5.41, 5.74) is 1.95. The lowest BCUT2D eigenvalue weighted by Crippen LogP contribution is -2.50. The maximum absolute atomic E-state index is 12.7. The van der Waals surface area contributed by atoms with E-state index in [1.54, 1.807) is 42.3 Å². The quantitative estimate of drug-likeness (QED) is 0.711. The van der Waals surface area contributed by atoms with Crippen LogP contribution in [0.4, 0.5) is 11.4 Å². The minimum absolute atomic E-state index is 0.0342. The lowest BCUT2D eigenvalue weighted by molar-refractivity contribution is -0.127. The van der Waals surface area contributed by atoms with Crippen LogP contribution in [0.2, 0.25) is 0 Å². The van der Waals surface area contributed by atoms with Crippen LogP contribution in [0.3, 0.4) is 0 Å². The predicted molar refractivity (Wildman–Crippen MR) is 119 cm³/mol. The average molecular weight is 425 g/mol. The molecule has 0 bridgehead atoms. The van der Waals surface area contributed by atoms with Gasteiger partial charge in [0, 0.05) is 31.4 Å². The van der Waals surface area contributed by atoms with Crippen molar-refractivity contribution in [2.45, 2.75) is 20.0 Å². The molecule has 2 aromatic rings. The van der Waals surface area contributed by atoms with Gasteiger partial charge in [0.15, 0.2) is 6.10 Å². The molecule has 0 saturated heterocycles. The smallest absolute Gasteiger partial charge is 0.262 e. The van der Waals surface area contributed by atoms with Gasteiger partial charge < -0.3 is 25.2 Å². The maximum atomic E-state index is 12.7. The van der Waals surface area contributed by atoms with Crippen LogP contribution in [0.1, 0.15) is 24.2 Å². The molecule has 1 aliphatic heterocycles. The van der Waals surface area contributed by atoms with E-state index in [2.05, 4.69) is 10.6 Å². The predicted octanol–water partition coefficient (Wildman–Crippen LogP) is 2.12. The summed E-state index contributed by atoms with van der Waals surface area (Å²) < 4.78 is 5.77. The zero-order valence-electron chi connectivity index (χ0n) is 18.1. The number of ether oxygens (including phenoxy) is 1. The van der Waals surface area contributed by atoms with Gasteiger partial charge in [-0.25, -0.2) is 0 Å². The van der Waals surface area contributed by atoms with Gasteiger partial charge in [-0.2, -0.15) is 0 Å². The molecule has 0 aliphatic carbocycles. The average Bonchev–Trinajstić information content (AvgIpc) is 2.79. The van der Waals surface area contributed by atoms with Crippen molar-refractivity contribution in [3.8, 4) is 5.75 Å². The second-order valence-corrected chi connectivity index (χ2v) is 7.17. The van der Waals surface area contributed by atoms with Crippen molar-refractivity contribution < 1.29 is 19.1 Å². The third-order valence-corrected chi connectivity index (χ3v) is 5.20. The molecule has 1 aliphatic rings. The number of anilines is 2. The lowest BCUT2D eigenvalue weighted by Gasteiger charge is -2.35. The number of rotatable bonds is 7. The number of carbonyl (C=O) groups excluding carboxylic acids is 3. The summed E-state index contributed by atoms with van der Waals surface area (Å²) in [5, 5.41) is 5.44. The molecule has 2 N–H and O–H groups in total. The molecule has 3 rings (SSSR count). The highest BCUT2D eigenvalue weighted by Gasteiger charge is 2.31. The normalized spacial score (nSPS) is 14.8. The minimum atomic E-state index is -0.696. The SMILES string of the molecule is CCN(CC)C(=O)c1ccc(NC(=O)CN2C[C@H](C(=O)NC)Oc3ccccc32)cc1. The summed E-state index contributed by atoms with van der Waals surface area (Å²) >= 11 is 0. The van der Waals surface area contributed by atoms with Crippen molar-refractivity contribution >= 4 is 29.1 Å². The van der Waals surface area contributed by atoms with Crippen LogP contribution in [-0.2, 0) is 9.59 Å². The molecule has 1 atom stereocenters. The molecule has 0 aromatic heterocycles. The van der Waals surface area contributed by atoms with Crippen LogP contribution in [0, 0.1) is 0 Å². The van der Waals surface area contributed by atoms with Gasteiger partial charge in [-0.3, -0.25) is 14.4 Å². The highest BCUT2D eigenvalue weighted by molar-refractivity contribution is 5.97. The van der Waals surface area contributed by atoms with Crippen molar-refractivity contribution in [1.82, 2.24) is 10.2 Å². The number of benzene rings is 2. The molecule has 31 heavy (non-hydrogen) atoms. The van der Waals surface area contributed by atoms with E-state index in [0.29, 0.717) is 30.1 Å². The fourth-order valence-corrected chi connectivity index (χ4v) is 3.52. The van der Waals surface area contributed by atoms with E-state index in [1.807, 2.05) is 36.9 Å². The second kappa shape index (κ2) is 9.97. The molecular weight excluding hydrogens is 396 g/mol. The molecular formula is C23H28N4O4. The third-order valence-electron chi connectivity index (χ3n) is 5.20. The number of hydrogen-bond donors (Lipinski definition) is 2. The van der Waals surface area contributed by atoms with Crippen LogP contribution in [0.25, 0.3) is 0 Å². The molecule has 1 heterocycles. The van der Waals surface area contributed by atoms with Crippen molar-refractivity contribution in [2.75, 3.05) is 43.4 Å². The first-order valence-corrected chi connectivity index (χ1v) is 10.4. The van der Waals surface area contributed by atoms with Crippen molar-refractivity contribution in [3.63, 3.8) is 0 Å². The summed E-state index contributed by atoms with van der Waals surface area (Å²) in [4.78, 5) is 40.8. The van der Waals surface area contributed by atoms with Gasteiger partial charge in [0.05, 0.1) is 18.8 Å². The van der Waals surface area contributed by atoms with Gasteiger partial charge in [0.25, 0.3) is 11.8 Å². The second-order valence-electron chi connectivity index (χ2n) is 7.17. The maximum Gasteiger partial charge on any atom is 0.262 e. The van der Waals surface area contributed by atoms with Crippen LogP contribution in [0.15, 0.2) is 48.5 Å². The number of carbonyl (C=O) groups is 3. The highest BCUT2D eigenvalue weighted by atomic mass is 16.5. The van der Waals surface area contributed by atoms with E-state index in [-0.39, 0.29) is 30.8 Å². The van der Waals surface area contributed by atoms with E-state index >= 15 is 0 Å². The van der Waals surface area contributed by atoms with E-state index in [4.69, 9.17) is 4.74 Å². The molecule has 0 radical (unpaired) electrons. The standard InChI is InChI=1S/C23H28N4O4/c1-4-26(5-2)23(30)16-10-12-17(13-11-16)25-21(28)15-27-14-20(22(29)24-3)31-19-9-7-6-8-18(19)27/h6-13,20H,4-5,14-15H2,1-3H3,(H,24,29)(H,25,28)/t20-/m1/s1. The summed E-state index contributed by atoms with van der Waals surface area (Å²) in [5.74, 6) is 0.0611. The Kier molecular flexibility index (Phi) is 7.12. The number of amides is 3. The topological polar surface area (TPSA) is 91.0 Å². The van der Waals surface area contributed by atoms with Crippen LogP contribution in [-0.4, -0.2) is 62.0 Å². The molecule has 0 spiro atoms. The largest absolute Gasteiger partial charge is 0.477 e. The van der Waals surface area contributed by atoms with Crippen molar-refractivity contribution in [2.24, 2.45) is 0 Å². The number of nitrogens with one attached hydrogen (secondary N) is 2. The molecule has 3 amide bonds. The number of fused-ring (bicyclic) bond motifs is 1. The van der Waals surface area contributed by atoms with Crippen LogP contribution in [0.5, 0.6) is 5.75 Å². The molecule has 8 heteroatoms. The van der Waals surface area contributed by atoms with Crippen LogP contribution >= 0.6 is 0 Å². The third kappa shape index (κ3) is 5.14. The Labute approximate surface area is 182 Å². The van der Waals surface area contributed by atoms with E-state index < -0.39 is 6.10 Å². The molecule has 8 nitrogen and oxygen atoms in total. The van der Waals surface area contributed by atoms with Gasteiger partial charge in [-0.1, -0.05) is 12.1 Å². The molecule has 164 valence electrons. The first-order chi connectivity index (χ1) is 15.0. The van der Waals surface area contributed by atoms with E-state index in [9.17, 15) is 14.4 Å². The Bertz CT molecular complexity index is 941. The van der Waals surface area contributed by atoms with E-state index in [1.165, 1.54) is 0 Å². The monoisotopic (exact) mass is 424 g/mol. The number of likely N-dealkylation sites (N-methyl/N-ethyl adjacent to an activating group) is 1. The summed E-state index contributed by atoms with van der Waals surface area (Å²) in [6, 6.07) is 14.2. The fourth-order valence-electron chi connectivity index (χ4n) is 3.52. The zero-order chi connectivity index (χ0) is 22.4. The number of nitrogens with zero attached hydrogens (tertiary/aromatic N) is 2. The van der Waals surface area contributed by atoms with Gasteiger partial charge in [0.1, 0.15) is 5.75 Å². The van der Waals surface area contributed by atoms with Gasteiger partial charge in [-0.15, -0.1) is 0 Å². The first kappa shape index (κ1) is 22.1. The van der Waals surface area contributed by atoms with Crippen molar-refractivity contribution in [1.29, 1.82) is 0 Å². The van der Waals surface area contributed by atoms with Gasteiger partial charge in [-0.05, 0) is 50.2 Å². The minimum Gasteiger partial charge on any atom is -0.477 e. The Morgan fingerprint density at radius 3 is 2.39 bits per heavy atom. The van der Waals surface area contributed by atoms with Crippen molar-refractivity contribution in [3.05, 3.63) is 54.1 Å². The summed E-state index contributed by atoms with van der Waals surface area (Å²) in [6.07, 6.45) is -0.696. The Balaban J connectivity index is 1.67. The number of hydrogen-bond acceptors (Lipinski definition) is 5. The molecule has 0 fully saturated rings. The lowest BCUT2D eigenvalue weighted by atomic mass is 10.1. The first-order valence-electron chi connectivity index (χ1n) is 10.4. The summed E-state index contributed by atoms with van der Waals surface area (Å²) in [6.45, 7) is 5.50. The van der Waals surface area contributed by atoms with Gasteiger partial charge >= 0.3 is 0 Å². The van der Waals surface area contributed by atoms with Crippen LogP contribution < -0.4 is 20.3 Å².